The fourth-order valence-corrected chi connectivity index (χ4v) is 3.36. The number of methoxy groups -OCH3 is 1. The van der Waals surface area contributed by atoms with Gasteiger partial charge in [0.05, 0.1) is 25.1 Å². The van der Waals surface area contributed by atoms with Crippen molar-refractivity contribution in [2.75, 3.05) is 25.2 Å². The Morgan fingerprint density at radius 3 is 2.95 bits per heavy atom. The van der Waals surface area contributed by atoms with Gasteiger partial charge in [0.15, 0.2) is 0 Å². The lowest BCUT2D eigenvalue weighted by Crippen LogP contribution is -2.47. The van der Waals surface area contributed by atoms with Crippen LogP contribution in [0.5, 0.6) is 5.75 Å². The smallest absolute Gasteiger partial charge is 0.305 e. The molecular weight excluding hydrogens is 297 g/mol. The molecule has 1 aromatic rings. The molecule has 1 amide bonds. The molecule has 1 saturated heterocycles. The van der Waals surface area contributed by atoms with Gasteiger partial charge < -0.3 is 14.7 Å². The van der Waals surface area contributed by atoms with Gasteiger partial charge in [0, 0.05) is 18.1 Å². The van der Waals surface area contributed by atoms with E-state index in [1.165, 1.54) is 24.1 Å². The molecule has 0 aliphatic carbocycles. The maximum absolute atomic E-state index is 13.4. The molecule has 1 unspecified atom stereocenters. The van der Waals surface area contributed by atoms with Crippen molar-refractivity contribution in [3.05, 3.63) is 29.6 Å². The minimum atomic E-state index is -0.952. The Kier molecular flexibility index (Phi) is 5.06. The third kappa shape index (κ3) is 3.66. The largest absolute Gasteiger partial charge is 0.496 e. The number of hydrogen-bond donors (Lipinski definition) is 1. The normalized spacial score (nSPS) is 18.4. The fraction of sp³-hybridized carbons (Fsp3) is 0.429. The third-order valence-electron chi connectivity index (χ3n) is 3.29. The van der Waals surface area contributed by atoms with Gasteiger partial charge in [0.1, 0.15) is 11.6 Å². The SMILES string of the molecule is COc1ccc(F)cc1C(=O)N1CCSCC1CC(=O)O. The maximum Gasteiger partial charge on any atom is 0.305 e. The average Bonchev–Trinajstić information content (AvgIpc) is 2.46. The van der Waals surface area contributed by atoms with Crippen molar-refractivity contribution >= 4 is 23.6 Å². The van der Waals surface area contributed by atoms with Crippen molar-refractivity contribution < 1.29 is 23.8 Å². The molecule has 1 aliphatic heterocycles. The standard InChI is InChI=1S/C14H16FNO4S/c1-20-12-3-2-9(15)6-11(12)14(19)16-4-5-21-8-10(16)7-13(17)18/h2-3,6,10H,4-5,7-8H2,1H3,(H,17,18). The van der Waals surface area contributed by atoms with Crippen LogP contribution >= 0.6 is 11.8 Å². The van der Waals surface area contributed by atoms with E-state index >= 15 is 0 Å². The summed E-state index contributed by atoms with van der Waals surface area (Å²) in [7, 11) is 1.41. The molecule has 1 fully saturated rings. The number of aliphatic carboxylic acids is 1. The first-order chi connectivity index (χ1) is 10.0. The third-order valence-corrected chi connectivity index (χ3v) is 4.38. The Morgan fingerprint density at radius 2 is 2.29 bits per heavy atom. The van der Waals surface area contributed by atoms with Crippen LogP contribution in [0.2, 0.25) is 0 Å². The van der Waals surface area contributed by atoms with E-state index in [1.54, 1.807) is 11.8 Å². The molecule has 5 nitrogen and oxygen atoms in total. The van der Waals surface area contributed by atoms with E-state index in [1.807, 2.05) is 0 Å². The van der Waals surface area contributed by atoms with E-state index in [2.05, 4.69) is 0 Å². The first-order valence-corrected chi connectivity index (χ1v) is 7.62. The second-order valence-electron chi connectivity index (χ2n) is 4.67. The molecule has 0 aromatic heterocycles. The second-order valence-corrected chi connectivity index (χ2v) is 5.82. The summed E-state index contributed by atoms with van der Waals surface area (Å²) >= 11 is 1.61. The fourth-order valence-electron chi connectivity index (χ4n) is 2.29. The van der Waals surface area contributed by atoms with Crippen molar-refractivity contribution in [3.8, 4) is 5.75 Å². The summed E-state index contributed by atoms with van der Waals surface area (Å²) in [6.07, 6.45) is -0.115. The van der Waals surface area contributed by atoms with Gasteiger partial charge in [-0.3, -0.25) is 9.59 Å². The summed E-state index contributed by atoms with van der Waals surface area (Å²) < 4.78 is 18.5. The molecule has 0 saturated carbocycles. The van der Waals surface area contributed by atoms with Crippen LogP contribution in [0.1, 0.15) is 16.8 Å². The summed E-state index contributed by atoms with van der Waals surface area (Å²) in [5.41, 5.74) is 0.125. The summed E-state index contributed by atoms with van der Waals surface area (Å²) in [6.45, 7) is 0.446. The lowest BCUT2D eigenvalue weighted by molar-refractivity contribution is -0.138. The van der Waals surface area contributed by atoms with Crippen LogP contribution in [-0.4, -0.2) is 53.1 Å². The van der Waals surface area contributed by atoms with E-state index in [0.717, 1.165) is 11.8 Å². The Balaban J connectivity index is 2.28. The summed E-state index contributed by atoms with van der Waals surface area (Å²) in [5.74, 6) is -0.284. The summed E-state index contributed by atoms with van der Waals surface area (Å²) in [6, 6.07) is 3.35. The van der Waals surface area contributed by atoms with Crippen LogP contribution in [0.25, 0.3) is 0 Å². The highest BCUT2D eigenvalue weighted by Gasteiger charge is 2.31. The molecule has 1 aromatic carbocycles. The van der Waals surface area contributed by atoms with Crippen LogP contribution in [0.15, 0.2) is 18.2 Å². The number of hydrogen-bond acceptors (Lipinski definition) is 4. The molecule has 7 heteroatoms. The van der Waals surface area contributed by atoms with Crippen LogP contribution < -0.4 is 4.74 Å². The molecule has 1 N–H and O–H groups in total. The highest BCUT2D eigenvalue weighted by atomic mass is 32.2. The highest BCUT2D eigenvalue weighted by Crippen LogP contribution is 2.26. The Bertz CT molecular complexity index is 552. The molecule has 21 heavy (non-hydrogen) atoms. The van der Waals surface area contributed by atoms with Gasteiger partial charge in [-0.1, -0.05) is 0 Å². The van der Waals surface area contributed by atoms with E-state index in [9.17, 15) is 14.0 Å². The minimum absolute atomic E-state index is 0.115. The number of carboxylic acids is 1. The second kappa shape index (κ2) is 6.80. The van der Waals surface area contributed by atoms with Crippen LogP contribution in [0.4, 0.5) is 4.39 Å². The molecule has 0 bridgehead atoms. The summed E-state index contributed by atoms with van der Waals surface area (Å²) in [4.78, 5) is 25.0. The number of carbonyl (C=O) groups excluding carboxylic acids is 1. The average molecular weight is 313 g/mol. The predicted octanol–water partition coefficient (Wildman–Crippen LogP) is 1.87. The number of carbonyl (C=O) groups is 2. The quantitative estimate of drug-likeness (QED) is 0.919. The number of carboxylic acid groups (broad SMARTS) is 1. The van der Waals surface area contributed by atoms with Crippen molar-refractivity contribution in [2.24, 2.45) is 0 Å². The molecule has 0 radical (unpaired) electrons. The molecule has 2 rings (SSSR count). The van der Waals surface area contributed by atoms with Crippen molar-refractivity contribution in [3.63, 3.8) is 0 Å². The highest BCUT2D eigenvalue weighted by molar-refractivity contribution is 7.99. The zero-order valence-corrected chi connectivity index (χ0v) is 12.4. The number of rotatable bonds is 4. The number of benzene rings is 1. The van der Waals surface area contributed by atoms with E-state index in [-0.39, 0.29) is 23.8 Å². The lowest BCUT2D eigenvalue weighted by atomic mass is 10.1. The number of nitrogens with zero attached hydrogens (tertiary/aromatic N) is 1. The molecule has 0 spiro atoms. The monoisotopic (exact) mass is 313 g/mol. The van der Waals surface area contributed by atoms with Gasteiger partial charge in [-0.25, -0.2) is 4.39 Å². The van der Waals surface area contributed by atoms with Crippen molar-refractivity contribution in [1.29, 1.82) is 0 Å². The number of amides is 1. The van der Waals surface area contributed by atoms with E-state index in [0.29, 0.717) is 12.3 Å². The van der Waals surface area contributed by atoms with Gasteiger partial charge in [0.25, 0.3) is 5.91 Å². The van der Waals surface area contributed by atoms with Crippen LogP contribution in [-0.2, 0) is 4.79 Å². The maximum atomic E-state index is 13.4. The van der Waals surface area contributed by atoms with Crippen LogP contribution in [0.3, 0.4) is 0 Å². The van der Waals surface area contributed by atoms with Gasteiger partial charge in [-0.15, -0.1) is 0 Å². The Morgan fingerprint density at radius 1 is 1.52 bits per heavy atom. The number of thioether (sulfide) groups is 1. The van der Waals surface area contributed by atoms with E-state index < -0.39 is 17.7 Å². The first-order valence-electron chi connectivity index (χ1n) is 6.47. The lowest BCUT2D eigenvalue weighted by Gasteiger charge is -2.35. The molecule has 1 aliphatic rings. The summed E-state index contributed by atoms with van der Waals surface area (Å²) in [5, 5.41) is 8.95. The van der Waals surface area contributed by atoms with Crippen LogP contribution in [0, 0.1) is 5.82 Å². The predicted molar refractivity (Wildman–Crippen MR) is 77.4 cm³/mol. The van der Waals surface area contributed by atoms with Gasteiger partial charge >= 0.3 is 5.97 Å². The number of halogens is 1. The zero-order valence-electron chi connectivity index (χ0n) is 11.5. The molecule has 114 valence electrons. The topological polar surface area (TPSA) is 66.8 Å². The Hall–Kier alpha value is -1.76. The minimum Gasteiger partial charge on any atom is -0.496 e. The Labute approximate surface area is 126 Å². The molecular formula is C14H16FNO4S. The number of ether oxygens (including phenoxy) is 1. The van der Waals surface area contributed by atoms with Crippen molar-refractivity contribution in [2.45, 2.75) is 12.5 Å². The molecule has 1 heterocycles. The molecule has 1 atom stereocenters. The van der Waals surface area contributed by atoms with Gasteiger partial charge in [-0.2, -0.15) is 11.8 Å². The zero-order chi connectivity index (χ0) is 15.4. The van der Waals surface area contributed by atoms with Gasteiger partial charge in [0.2, 0.25) is 0 Å². The van der Waals surface area contributed by atoms with Gasteiger partial charge in [-0.05, 0) is 18.2 Å². The van der Waals surface area contributed by atoms with Crippen molar-refractivity contribution in [1.82, 2.24) is 4.90 Å². The van der Waals surface area contributed by atoms with E-state index in [4.69, 9.17) is 9.84 Å². The first kappa shape index (κ1) is 15.6.